The average Bonchev–Trinajstić information content (AvgIpc) is 2.96. The third kappa shape index (κ3) is 5.78. The summed E-state index contributed by atoms with van der Waals surface area (Å²) in [5.41, 5.74) is 1.68. The van der Waals surface area contributed by atoms with Gasteiger partial charge < -0.3 is 4.74 Å². The van der Waals surface area contributed by atoms with Gasteiger partial charge in [-0.05, 0) is 54.1 Å². The summed E-state index contributed by atoms with van der Waals surface area (Å²) < 4.78 is 5.77. The summed E-state index contributed by atoms with van der Waals surface area (Å²) in [6.07, 6.45) is 4.63. The van der Waals surface area contributed by atoms with Gasteiger partial charge in [0, 0.05) is 22.2 Å². The predicted octanol–water partition coefficient (Wildman–Crippen LogP) is 6.80. The molecule has 0 saturated carbocycles. The molecule has 0 radical (unpaired) electrons. The average molecular weight is 450 g/mol. The fraction of sp³-hybridized carbons (Fsp3) is 0.273. The molecule has 1 heterocycles. The lowest BCUT2D eigenvalue weighted by Crippen LogP contribution is -2.29. The monoisotopic (exact) mass is 449 g/mol. The van der Waals surface area contributed by atoms with Crippen molar-refractivity contribution < 1.29 is 14.3 Å². The standard InChI is InChI=1S/C22H21Cl2NO3S/c1-2-3-4-11-25-21(26)20(29-22(25)27)12-15-5-9-18(10-6-15)28-14-16-7-8-17(23)13-19(16)24/h5-10,12-13H,2-4,11,14H2,1H3/b20-12-. The van der Waals surface area contributed by atoms with Crippen LogP contribution in [0.4, 0.5) is 4.79 Å². The summed E-state index contributed by atoms with van der Waals surface area (Å²) >= 11 is 13.0. The summed E-state index contributed by atoms with van der Waals surface area (Å²) in [5.74, 6) is 0.467. The van der Waals surface area contributed by atoms with Crippen molar-refractivity contribution >= 4 is 52.2 Å². The lowest BCUT2D eigenvalue weighted by atomic mass is 10.2. The number of halogens is 2. The van der Waals surface area contributed by atoms with Crippen LogP contribution in [-0.4, -0.2) is 22.6 Å². The number of thioether (sulfide) groups is 1. The Hall–Kier alpha value is -1.95. The number of carbonyl (C=O) groups excluding carboxylic acids is 2. The number of nitrogens with zero attached hydrogens (tertiary/aromatic N) is 1. The molecule has 0 aromatic heterocycles. The molecule has 0 atom stereocenters. The van der Waals surface area contributed by atoms with Gasteiger partial charge in [0.05, 0.1) is 4.91 Å². The van der Waals surface area contributed by atoms with E-state index >= 15 is 0 Å². The highest BCUT2D eigenvalue weighted by molar-refractivity contribution is 8.18. The van der Waals surface area contributed by atoms with Crippen LogP contribution < -0.4 is 4.74 Å². The number of ether oxygens (including phenoxy) is 1. The van der Waals surface area contributed by atoms with E-state index in [9.17, 15) is 9.59 Å². The summed E-state index contributed by atoms with van der Waals surface area (Å²) in [4.78, 5) is 26.3. The molecule has 1 saturated heterocycles. The van der Waals surface area contributed by atoms with Crippen molar-refractivity contribution in [1.29, 1.82) is 0 Å². The molecule has 0 unspecified atom stereocenters. The Bertz CT molecular complexity index is 928. The maximum absolute atomic E-state index is 12.5. The molecule has 2 aromatic carbocycles. The molecule has 1 aliphatic heterocycles. The zero-order chi connectivity index (χ0) is 20.8. The van der Waals surface area contributed by atoms with Gasteiger partial charge in [0.2, 0.25) is 0 Å². The van der Waals surface area contributed by atoms with Gasteiger partial charge in [-0.1, -0.05) is 61.2 Å². The van der Waals surface area contributed by atoms with Gasteiger partial charge in [0.15, 0.2) is 0 Å². The molecule has 0 aliphatic carbocycles. The Labute approximate surface area is 184 Å². The smallest absolute Gasteiger partial charge is 0.293 e. The van der Waals surface area contributed by atoms with E-state index in [1.54, 1.807) is 18.2 Å². The fourth-order valence-corrected chi connectivity index (χ4v) is 4.15. The van der Waals surface area contributed by atoms with Gasteiger partial charge in [-0.25, -0.2) is 0 Å². The Balaban J connectivity index is 1.61. The summed E-state index contributed by atoms with van der Waals surface area (Å²) in [7, 11) is 0. The molecule has 1 aliphatic rings. The number of imide groups is 1. The largest absolute Gasteiger partial charge is 0.489 e. The highest BCUT2D eigenvalue weighted by Crippen LogP contribution is 2.32. The molecule has 29 heavy (non-hydrogen) atoms. The highest BCUT2D eigenvalue weighted by atomic mass is 35.5. The minimum atomic E-state index is -0.214. The molecule has 3 rings (SSSR count). The van der Waals surface area contributed by atoms with Crippen molar-refractivity contribution in [3.05, 3.63) is 68.5 Å². The van der Waals surface area contributed by atoms with E-state index in [-0.39, 0.29) is 11.1 Å². The fourth-order valence-electron chi connectivity index (χ4n) is 2.82. The number of benzene rings is 2. The van der Waals surface area contributed by atoms with Crippen molar-refractivity contribution in [2.75, 3.05) is 6.54 Å². The zero-order valence-corrected chi connectivity index (χ0v) is 18.3. The van der Waals surface area contributed by atoms with E-state index in [4.69, 9.17) is 27.9 Å². The minimum Gasteiger partial charge on any atom is -0.489 e. The quantitative estimate of drug-likeness (QED) is 0.328. The first-order valence-electron chi connectivity index (χ1n) is 9.40. The second-order valence-electron chi connectivity index (χ2n) is 6.63. The molecule has 0 bridgehead atoms. The maximum atomic E-state index is 12.5. The van der Waals surface area contributed by atoms with Crippen molar-refractivity contribution in [3.63, 3.8) is 0 Å². The van der Waals surface area contributed by atoms with Crippen LogP contribution in [-0.2, 0) is 11.4 Å². The topological polar surface area (TPSA) is 46.6 Å². The lowest BCUT2D eigenvalue weighted by Gasteiger charge is -2.11. The first-order valence-corrected chi connectivity index (χ1v) is 11.0. The van der Waals surface area contributed by atoms with E-state index in [0.717, 1.165) is 42.2 Å². The number of hydrogen-bond acceptors (Lipinski definition) is 4. The van der Waals surface area contributed by atoms with E-state index in [2.05, 4.69) is 6.92 Å². The summed E-state index contributed by atoms with van der Waals surface area (Å²) in [6.45, 7) is 2.90. The van der Waals surface area contributed by atoms with Gasteiger partial charge in [-0.15, -0.1) is 0 Å². The van der Waals surface area contributed by atoms with Crippen LogP contribution in [0.5, 0.6) is 5.75 Å². The molecule has 0 spiro atoms. The van der Waals surface area contributed by atoms with Crippen LogP contribution in [0.2, 0.25) is 10.0 Å². The van der Waals surface area contributed by atoms with Crippen LogP contribution in [0.25, 0.3) is 6.08 Å². The third-order valence-electron chi connectivity index (χ3n) is 4.45. The second kappa shape index (κ2) is 10.2. The molecule has 4 nitrogen and oxygen atoms in total. The van der Waals surface area contributed by atoms with Crippen LogP contribution in [0.1, 0.15) is 37.3 Å². The lowest BCUT2D eigenvalue weighted by molar-refractivity contribution is -0.122. The number of unbranched alkanes of at least 4 members (excludes halogenated alkanes) is 2. The maximum Gasteiger partial charge on any atom is 0.293 e. The van der Waals surface area contributed by atoms with Crippen molar-refractivity contribution in [2.24, 2.45) is 0 Å². The van der Waals surface area contributed by atoms with Gasteiger partial charge >= 0.3 is 0 Å². The van der Waals surface area contributed by atoms with Gasteiger partial charge in [0.1, 0.15) is 12.4 Å². The van der Waals surface area contributed by atoms with Crippen LogP contribution >= 0.6 is 35.0 Å². The number of carbonyl (C=O) groups is 2. The molecule has 7 heteroatoms. The van der Waals surface area contributed by atoms with E-state index in [0.29, 0.717) is 33.9 Å². The molecular weight excluding hydrogens is 429 g/mol. The number of rotatable bonds is 8. The molecule has 2 amide bonds. The normalized spacial score (nSPS) is 15.4. The van der Waals surface area contributed by atoms with E-state index < -0.39 is 0 Å². The van der Waals surface area contributed by atoms with Crippen molar-refractivity contribution in [2.45, 2.75) is 32.8 Å². The Morgan fingerprint density at radius 3 is 2.52 bits per heavy atom. The Morgan fingerprint density at radius 2 is 1.83 bits per heavy atom. The van der Waals surface area contributed by atoms with Crippen LogP contribution in [0.3, 0.4) is 0 Å². The number of hydrogen-bond donors (Lipinski definition) is 0. The zero-order valence-electron chi connectivity index (χ0n) is 16.0. The van der Waals surface area contributed by atoms with Gasteiger partial charge in [0.25, 0.3) is 11.1 Å². The third-order valence-corrected chi connectivity index (χ3v) is 5.94. The number of amides is 2. The van der Waals surface area contributed by atoms with Crippen molar-refractivity contribution in [3.8, 4) is 5.75 Å². The first-order chi connectivity index (χ1) is 14.0. The summed E-state index contributed by atoms with van der Waals surface area (Å²) in [6, 6.07) is 12.6. The summed E-state index contributed by atoms with van der Waals surface area (Å²) in [5, 5.41) is 0.943. The molecule has 152 valence electrons. The van der Waals surface area contributed by atoms with Gasteiger partial charge in [-0.3, -0.25) is 14.5 Å². The molecule has 1 fully saturated rings. The molecular formula is C22H21Cl2NO3S. The predicted molar refractivity (Wildman–Crippen MR) is 119 cm³/mol. The van der Waals surface area contributed by atoms with Gasteiger partial charge in [-0.2, -0.15) is 0 Å². The first kappa shape index (κ1) is 21.8. The Morgan fingerprint density at radius 1 is 1.07 bits per heavy atom. The molecule has 2 aromatic rings. The molecule has 0 N–H and O–H groups in total. The van der Waals surface area contributed by atoms with Crippen LogP contribution in [0.15, 0.2) is 47.4 Å². The SMILES string of the molecule is CCCCCN1C(=O)S/C(=C\c2ccc(OCc3ccc(Cl)cc3Cl)cc2)C1=O. The van der Waals surface area contributed by atoms with E-state index in [1.165, 1.54) is 4.90 Å². The second-order valence-corrected chi connectivity index (χ2v) is 8.47. The van der Waals surface area contributed by atoms with Crippen molar-refractivity contribution in [1.82, 2.24) is 4.90 Å². The van der Waals surface area contributed by atoms with E-state index in [1.807, 2.05) is 30.3 Å². The Kier molecular flexibility index (Phi) is 7.64. The van der Waals surface area contributed by atoms with Crippen LogP contribution in [0, 0.1) is 0 Å². The highest BCUT2D eigenvalue weighted by Gasteiger charge is 2.34. The minimum absolute atomic E-state index is 0.197.